The fourth-order valence-electron chi connectivity index (χ4n) is 0. The van der Waals surface area contributed by atoms with Crippen LogP contribution in [0.5, 0.6) is 0 Å². The Bertz CT molecular complexity index is 53.6. The van der Waals surface area contributed by atoms with Crippen LogP contribution in [-0.2, 0) is 0 Å². The van der Waals surface area contributed by atoms with E-state index in [0.717, 1.165) is 0 Å². The van der Waals surface area contributed by atoms with E-state index in [9.17, 15) is 0 Å². The van der Waals surface area contributed by atoms with Gasteiger partial charge < -0.3 is 5.31 Å². The molecule has 38 valence electrons. The molecule has 0 aromatic rings. The zero-order chi connectivity index (χ0) is 6.08. The third-order valence-corrected chi connectivity index (χ3v) is 0.671. The van der Waals surface area contributed by atoms with Crippen molar-refractivity contribution >= 4 is 0 Å². The highest BCUT2D eigenvalue weighted by Crippen LogP contribution is 1.93. The maximum atomic E-state index is 7.06. The molecule has 0 unspecified atom stereocenters. The van der Waals surface area contributed by atoms with Gasteiger partial charge in [0.05, 0.1) is 0 Å². The quantitative estimate of drug-likeness (QED) is 0.467. The lowest BCUT2D eigenvalue weighted by Gasteiger charge is -2.15. The Morgan fingerprint density at radius 1 is 1.50 bits per heavy atom. The van der Waals surface area contributed by atoms with Crippen LogP contribution in [0.3, 0.4) is 0 Å². The molecule has 0 saturated carbocycles. The Balaban J connectivity index is 3.54. The van der Waals surface area contributed by atoms with Gasteiger partial charge in [0.1, 0.15) is 1.41 Å². The molecule has 0 aliphatic rings. The Morgan fingerprint density at radius 3 is 1.67 bits per heavy atom. The van der Waals surface area contributed by atoms with Gasteiger partial charge in [0.15, 0.2) is 0 Å². The second-order valence-electron chi connectivity index (χ2n) is 2.39. The van der Waals surface area contributed by atoms with E-state index in [2.05, 4.69) is 0 Å². The third kappa shape index (κ3) is 3.96. The minimum Gasteiger partial charge on any atom is -0.315 e. The van der Waals surface area contributed by atoms with E-state index in [4.69, 9.17) is 1.41 Å². The van der Waals surface area contributed by atoms with Crippen LogP contribution in [0.25, 0.3) is 0 Å². The summed E-state index contributed by atoms with van der Waals surface area (Å²) < 4.78 is 7.06. The highest BCUT2D eigenvalue weighted by Gasteiger charge is 2.01. The fraction of sp³-hybridized carbons (Fsp3) is 1.00. The van der Waals surface area contributed by atoms with E-state index in [1.54, 1.807) is 7.05 Å². The smallest absolute Gasteiger partial charge is 0.122 e. The minimum atomic E-state index is 0. The van der Waals surface area contributed by atoms with Gasteiger partial charge in [-0.25, -0.2) is 0 Å². The summed E-state index contributed by atoms with van der Waals surface area (Å²) in [6.45, 7) is 6.00. The summed E-state index contributed by atoms with van der Waals surface area (Å²) in [5.41, 5.74) is 0. The molecule has 1 N–H and O–H groups in total. The molecule has 0 aliphatic heterocycles. The van der Waals surface area contributed by atoms with Crippen molar-refractivity contribution in [2.24, 2.45) is 0 Å². The van der Waals surface area contributed by atoms with E-state index in [1.807, 2.05) is 20.8 Å². The van der Waals surface area contributed by atoms with E-state index in [1.165, 1.54) is 5.31 Å². The summed E-state index contributed by atoms with van der Waals surface area (Å²) in [5, 5.41) is 1.44. The maximum absolute atomic E-state index is 7.06. The molecule has 0 fully saturated rings. The molecule has 0 heterocycles. The van der Waals surface area contributed by atoms with Crippen molar-refractivity contribution in [1.29, 1.82) is 0 Å². The largest absolute Gasteiger partial charge is 0.315 e. The van der Waals surface area contributed by atoms with Crippen molar-refractivity contribution in [1.82, 2.24) is 5.31 Å². The summed E-state index contributed by atoms with van der Waals surface area (Å²) >= 11 is 0. The Kier molecular flexibility index (Phi) is 1.10. The summed E-state index contributed by atoms with van der Waals surface area (Å²) in [6.07, 6.45) is 0. The van der Waals surface area contributed by atoms with Gasteiger partial charge >= 0.3 is 0 Å². The SMILES string of the molecule is [3H]N(C)C(C)(C)C. The van der Waals surface area contributed by atoms with Gasteiger partial charge in [-0.2, -0.15) is 0 Å². The Hall–Kier alpha value is -0.0400. The fourth-order valence-corrected chi connectivity index (χ4v) is 0. The van der Waals surface area contributed by atoms with E-state index in [-0.39, 0.29) is 5.54 Å². The average Bonchev–Trinajstić information content (AvgIpc) is 1.31. The zero-order valence-corrected chi connectivity index (χ0v) is 4.95. The lowest BCUT2D eigenvalue weighted by Crippen LogP contribution is -2.31. The van der Waals surface area contributed by atoms with Crippen LogP contribution in [0.4, 0.5) is 0 Å². The molecule has 0 aromatic carbocycles. The van der Waals surface area contributed by atoms with Crippen LogP contribution in [-0.4, -0.2) is 12.6 Å². The molecule has 0 spiro atoms. The summed E-state index contributed by atoms with van der Waals surface area (Å²) in [7, 11) is 1.75. The topological polar surface area (TPSA) is 12.0 Å². The normalized spacial score (nSPS) is 15.2. The van der Waals surface area contributed by atoms with Crippen molar-refractivity contribution in [2.45, 2.75) is 26.3 Å². The first kappa shape index (κ1) is 4.13. The molecule has 0 amide bonds. The van der Waals surface area contributed by atoms with Gasteiger partial charge in [0.25, 0.3) is 0 Å². The maximum Gasteiger partial charge on any atom is 0.122 e. The number of rotatable bonds is 0. The molecule has 1 nitrogen and oxygen atoms in total. The van der Waals surface area contributed by atoms with Crippen molar-refractivity contribution in [2.75, 3.05) is 7.05 Å². The molecule has 0 aliphatic carbocycles. The first-order chi connectivity index (χ1) is 2.94. The van der Waals surface area contributed by atoms with Crippen molar-refractivity contribution in [3.05, 3.63) is 0 Å². The first-order valence-electron chi connectivity index (χ1n) is 2.62. The lowest BCUT2D eigenvalue weighted by atomic mass is 10.1. The van der Waals surface area contributed by atoms with E-state index in [0.29, 0.717) is 0 Å². The Morgan fingerprint density at radius 2 is 1.67 bits per heavy atom. The molecule has 0 bridgehead atoms. The number of nitrogens with one attached hydrogen (secondary N) is 1. The predicted molar refractivity (Wildman–Crippen MR) is 28.8 cm³/mol. The second kappa shape index (κ2) is 1.61. The van der Waals surface area contributed by atoms with Gasteiger partial charge in [-0.1, -0.05) is 0 Å². The zero-order valence-electron chi connectivity index (χ0n) is 5.95. The lowest BCUT2D eigenvalue weighted by molar-refractivity contribution is 0.469. The van der Waals surface area contributed by atoms with Crippen LogP contribution in [0, 0.1) is 0 Å². The number of hydrogen-bond acceptors (Lipinski definition) is 1. The molecule has 0 aromatic heterocycles. The van der Waals surface area contributed by atoms with Gasteiger partial charge in [-0.3, -0.25) is 0 Å². The Labute approximate surface area is 41.2 Å². The average molecular weight is 89.2 g/mol. The van der Waals surface area contributed by atoms with Gasteiger partial charge in [-0.15, -0.1) is 0 Å². The van der Waals surface area contributed by atoms with Crippen molar-refractivity contribution in [3.63, 3.8) is 0 Å². The summed E-state index contributed by atoms with van der Waals surface area (Å²) in [6, 6.07) is 0. The number of hydrogen-bond donors (Lipinski definition) is 1. The molecular formula is C5H13N. The van der Waals surface area contributed by atoms with Crippen LogP contribution in [0.2, 0.25) is 1.41 Å². The minimum absolute atomic E-state index is 0. The van der Waals surface area contributed by atoms with Gasteiger partial charge in [0, 0.05) is 5.54 Å². The van der Waals surface area contributed by atoms with Gasteiger partial charge in [-0.05, 0) is 27.8 Å². The van der Waals surface area contributed by atoms with Crippen LogP contribution >= 0.6 is 0 Å². The molecule has 6 heavy (non-hydrogen) atoms. The predicted octanol–water partition coefficient (Wildman–Crippen LogP) is 1.00. The monoisotopic (exact) mass is 89.1 g/mol. The second-order valence-corrected chi connectivity index (χ2v) is 2.39. The third-order valence-electron chi connectivity index (χ3n) is 0.671. The molecule has 1 heteroatoms. The molecule has 0 rings (SSSR count). The van der Waals surface area contributed by atoms with Crippen LogP contribution < -0.4 is 5.31 Å². The summed E-state index contributed by atoms with van der Waals surface area (Å²) in [5.74, 6) is 0. The highest BCUT2D eigenvalue weighted by molar-refractivity contribution is 4.65. The van der Waals surface area contributed by atoms with E-state index >= 15 is 0 Å². The molecule has 0 atom stereocenters. The molecule has 0 saturated heterocycles. The van der Waals surface area contributed by atoms with Crippen molar-refractivity contribution in [3.8, 4) is 0 Å². The molecular weight excluding hydrogens is 74.1 g/mol. The van der Waals surface area contributed by atoms with Gasteiger partial charge in [0.2, 0.25) is 0 Å². The first-order valence-corrected chi connectivity index (χ1v) is 2.17. The van der Waals surface area contributed by atoms with E-state index < -0.39 is 0 Å². The van der Waals surface area contributed by atoms with Crippen LogP contribution in [0.15, 0.2) is 0 Å². The molecule has 0 radical (unpaired) electrons. The van der Waals surface area contributed by atoms with Crippen molar-refractivity contribution < 1.29 is 1.41 Å². The summed E-state index contributed by atoms with van der Waals surface area (Å²) in [4.78, 5) is 0. The van der Waals surface area contributed by atoms with Crippen LogP contribution in [0.1, 0.15) is 20.8 Å². The standard InChI is InChI=1S/C5H13N/c1-5(2,3)6-4/h6H,1-4H3/i/hT. The highest BCUT2D eigenvalue weighted by atomic mass is 14.9.